The van der Waals surface area contributed by atoms with Gasteiger partial charge in [-0.1, -0.05) is 13.0 Å². The fraction of sp³-hybridized carbons (Fsp3) is 0.250. The van der Waals surface area contributed by atoms with Crippen LogP contribution >= 0.6 is 0 Å². The van der Waals surface area contributed by atoms with E-state index in [1.54, 1.807) is 12.1 Å². The lowest BCUT2D eigenvalue weighted by Gasteiger charge is -2.05. The number of hydrogen-bond donors (Lipinski definition) is 1. The van der Waals surface area contributed by atoms with Gasteiger partial charge in [0.05, 0.1) is 13.2 Å². The predicted molar refractivity (Wildman–Crippen MR) is 75.3 cm³/mol. The highest BCUT2D eigenvalue weighted by molar-refractivity contribution is 6.05. The van der Waals surface area contributed by atoms with Crippen LogP contribution in [-0.2, 0) is 6.61 Å². The molecule has 0 spiro atoms. The molecule has 0 radical (unpaired) electrons. The van der Waals surface area contributed by atoms with Gasteiger partial charge >= 0.3 is 0 Å². The molecule has 1 aromatic heterocycles. The van der Waals surface area contributed by atoms with Crippen molar-refractivity contribution in [2.45, 2.75) is 20.0 Å². The summed E-state index contributed by atoms with van der Waals surface area (Å²) in [5.41, 5.74) is 0.0279. The number of rotatable bonds is 4. The van der Waals surface area contributed by atoms with Gasteiger partial charge in [0.1, 0.15) is 0 Å². The van der Waals surface area contributed by atoms with Gasteiger partial charge in [0.15, 0.2) is 22.7 Å². The molecule has 110 valence electrons. The zero-order valence-electron chi connectivity index (χ0n) is 11.5. The van der Waals surface area contributed by atoms with Crippen LogP contribution in [0, 0.1) is 11.6 Å². The molecule has 3 aromatic rings. The first kappa shape index (κ1) is 13.8. The molecule has 0 saturated heterocycles. The van der Waals surface area contributed by atoms with Crippen molar-refractivity contribution in [1.29, 1.82) is 0 Å². The number of aliphatic hydroxyl groups is 1. The average molecular weight is 292 g/mol. The zero-order valence-corrected chi connectivity index (χ0v) is 11.5. The Kier molecular flexibility index (Phi) is 3.51. The van der Waals surface area contributed by atoms with Gasteiger partial charge in [-0.25, -0.2) is 4.39 Å². The summed E-state index contributed by atoms with van der Waals surface area (Å²) >= 11 is 0. The molecule has 3 nitrogen and oxygen atoms in total. The quantitative estimate of drug-likeness (QED) is 0.785. The number of ether oxygens (including phenoxy) is 1. The van der Waals surface area contributed by atoms with Crippen molar-refractivity contribution in [3.8, 4) is 5.75 Å². The van der Waals surface area contributed by atoms with Gasteiger partial charge in [0.25, 0.3) is 0 Å². The molecule has 5 heteroatoms. The minimum absolute atomic E-state index is 0.0346. The minimum Gasteiger partial charge on any atom is -0.490 e. The summed E-state index contributed by atoms with van der Waals surface area (Å²) in [6.07, 6.45) is 0.756. The van der Waals surface area contributed by atoms with Crippen LogP contribution in [0.15, 0.2) is 28.7 Å². The Balaban J connectivity index is 2.25. The van der Waals surface area contributed by atoms with E-state index < -0.39 is 18.2 Å². The van der Waals surface area contributed by atoms with Crippen molar-refractivity contribution in [2.75, 3.05) is 6.61 Å². The summed E-state index contributed by atoms with van der Waals surface area (Å²) in [4.78, 5) is 0. The van der Waals surface area contributed by atoms with Crippen LogP contribution in [0.25, 0.3) is 21.9 Å². The number of benzene rings is 2. The van der Waals surface area contributed by atoms with Crippen molar-refractivity contribution in [3.05, 3.63) is 41.5 Å². The highest BCUT2D eigenvalue weighted by atomic mass is 19.1. The lowest BCUT2D eigenvalue weighted by Crippen LogP contribution is -1.97. The summed E-state index contributed by atoms with van der Waals surface area (Å²) in [6, 6.07) is 6.24. The molecule has 0 aliphatic carbocycles. The van der Waals surface area contributed by atoms with E-state index in [4.69, 9.17) is 14.3 Å². The molecule has 0 saturated carbocycles. The maximum atomic E-state index is 14.4. The Morgan fingerprint density at radius 3 is 2.38 bits per heavy atom. The molecule has 3 rings (SSSR count). The second kappa shape index (κ2) is 5.33. The molecule has 0 atom stereocenters. The molecule has 1 N–H and O–H groups in total. The number of furan rings is 1. The standard InChI is InChI=1S/C16H14F2O3/c1-2-7-20-12-6-5-11-10-4-3-9(8-19)13(17)15(10)21-16(11)14(12)18/h3-6,19H,2,7-8H2,1H3. The first-order valence-corrected chi connectivity index (χ1v) is 6.73. The summed E-state index contributed by atoms with van der Waals surface area (Å²) in [5, 5.41) is 10.0. The van der Waals surface area contributed by atoms with Crippen LogP contribution in [0.3, 0.4) is 0 Å². The van der Waals surface area contributed by atoms with Crippen LogP contribution in [0.5, 0.6) is 5.75 Å². The topological polar surface area (TPSA) is 42.6 Å². The first-order valence-electron chi connectivity index (χ1n) is 6.73. The molecule has 2 aromatic carbocycles. The Labute approximate surface area is 119 Å². The van der Waals surface area contributed by atoms with Crippen LogP contribution < -0.4 is 4.74 Å². The van der Waals surface area contributed by atoms with E-state index in [1.165, 1.54) is 12.1 Å². The summed E-state index contributed by atoms with van der Waals surface area (Å²) in [6.45, 7) is 1.88. The molecule has 0 aliphatic rings. The van der Waals surface area contributed by atoms with Gasteiger partial charge in [0.2, 0.25) is 5.82 Å². The van der Waals surface area contributed by atoms with Crippen LogP contribution in [0.2, 0.25) is 0 Å². The second-order valence-electron chi connectivity index (χ2n) is 4.78. The fourth-order valence-electron chi connectivity index (χ4n) is 2.31. The highest BCUT2D eigenvalue weighted by Gasteiger charge is 2.19. The molecule has 0 bridgehead atoms. The second-order valence-corrected chi connectivity index (χ2v) is 4.78. The monoisotopic (exact) mass is 292 g/mol. The van der Waals surface area contributed by atoms with E-state index in [-0.39, 0.29) is 22.5 Å². The van der Waals surface area contributed by atoms with Crippen LogP contribution in [0.4, 0.5) is 8.78 Å². The van der Waals surface area contributed by atoms with E-state index >= 15 is 0 Å². The van der Waals surface area contributed by atoms with Crippen LogP contribution in [0.1, 0.15) is 18.9 Å². The molecule has 0 aliphatic heterocycles. The summed E-state index contributed by atoms with van der Waals surface area (Å²) in [7, 11) is 0. The van der Waals surface area contributed by atoms with Crippen LogP contribution in [-0.4, -0.2) is 11.7 Å². The maximum Gasteiger partial charge on any atom is 0.208 e. The predicted octanol–water partition coefficient (Wildman–Crippen LogP) is 4.15. The Morgan fingerprint density at radius 2 is 1.71 bits per heavy atom. The highest BCUT2D eigenvalue weighted by Crippen LogP contribution is 2.36. The van der Waals surface area contributed by atoms with Crippen molar-refractivity contribution in [1.82, 2.24) is 0 Å². The smallest absolute Gasteiger partial charge is 0.208 e. The lowest BCUT2D eigenvalue weighted by atomic mass is 10.1. The van der Waals surface area contributed by atoms with Gasteiger partial charge < -0.3 is 14.3 Å². The van der Waals surface area contributed by atoms with Gasteiger partial charge in [-0.05, 0) is 24.6 Å². The SMILES string of the molecule is CCCOc1ccc2c(oc3c(F)c(CO)ccc32)c1F. The first-order chi connectivity index (χ1) is 10.2. The van der Waals surface area contributed by atoms with E-state index in [1.807, 2.05) is 6.92 Å². The fourth-order valence-corrected chi connectivity index (χ4v) is 2.31. The van der Waals surface area contributed by atoms with Crippen molar-refractivity contribution in [3.63, 3.8) is 0 Å². The van der Waals surface area contributed by atoms with Gasteiger partial charge in [-0.15, -0.1) is 0 Å². The van der Waals surface area contributed by atoms with Crippen molar-refractivity contribution < 1.29 is 23.0 Å². The molecule has 1 heterocycles. The summed E-state index contributed by atoms with van der Waals surface area (Å²) in [5.74, 6) is -1.21. The number of fused-ring (bicyclic) bond motifs is 3. The summed E-state index contributed by atoms with van der Waals surface area (Å²) < 4.78 is 39.1. The molecule has 0 amide bonds. The zero-order chi connectivity index (χ0) is 15.0. The van der Waals surface area contributed by atoms with Crippen molar-refractivity contribution in [2.24, 2.45) is 0 Å². The number of aliphatic hydroxyl groups excluding tert-OH is 1. The Hall–Kier alpha value is -2.14. The third kappa shape index (κ3) is 2.14. The van der Waals surface area contributed by atoms with Gasteiger partial charge in [-0.2, -0.15) is 4.39 Å². The molecular formula is C16H14F2O3. The number of hydrogen-bond acceptors (Lipinski definition) is 3. The third-order valence-electron chi connectivity index (χ3n) is 3.37. The Morgan fingerprint density at radius 1 is 1.05 bits per heavy atom. The normalized spacial score (nSPS) is 11.4. The third-order valence-corrected chi connectivity index (χ3v) is 3.37. The van der Waals surface area contributed by atoms with E-state index in [0.717, 1.165) is 6.42 Å². The average Bonchev–Trinajstić information content (AvgIpc) is 2.88. The maximum absolute atomic E-state index is 14.4. The molecule has 0 unspecified atom stereocenters. The number of halogens is 2. The van der Waals surface area contributed by atoms with Gasteiger partial charge in [-0.3, -0.25) is 0 Å². The molecule has 21 heavy (non-hydrogen) atoms. The van der Waals surface area contributed by atoms with E-state index in [0.29, 0.717) is 17.4 Å². The molecular weight excluding hydrogens is 278 g/mol. The van der Waals surface area contributed by atoms with Gasteiger partial charge in [0, 0.05) is 16.3 Å². The molecule has 0 fully saturated rings. The van der Waals surface area contributed by atoms with E-state index in [2.05, 4.69) is 0 Å². The lowest BCUT2D eigenvalue weighted by molar-refractivity contribution is 0.275. The minimum atomic E-state index is -0.665. The Bertz CT molecular complexity index is 808. The largest absolute Gasteiger partial charge is 0.490 e. The van der Waals surface area contributed by atoms with Crippen molar-refractivity contribution >= 4 is 21.9 Å². The van der Waals surface area contributed by atoms with E-state index in [9.17, 15) is 8.78 Å².